The van der Waals surface area contributed by atoms with E-state index in [1.54, 1.807) is 0 Å². The number of rotatable bonds is 6. The molecule has 0 saturated heterocycles. The Morgan fingerprint density at radius 1 is 1.38 bits per heavy atom. The van der Waals surface area contributed by atoms with Crippen LogP contribution in [0, 0.1) is 5.92 Å². The Morgan fingerprint density at radius 3 is 2.69 bits per heavy atom. The molecule has 0 aliphatic heterocycles. The molecule has 0 aromatic carbocycles. The monoisotopic (exact) mass is 221 g/mol. The lowest BCUT2D eigenvalue weighted by atomic mass is 10.2. The molecule has 0 aliphatic rings. The van der Waals surface area contributed by atoms with E-state index in [1.165, 1.54) is 0 Å². The van der Waals surface area contributed by atoms with Gasteiger partial charge in [-0.25, -0.2) is 4.98 Å². The summed E-state index contributed by atoms with van der Waals surface area (Å²) in [6.07, 6.45) is 0. The van der Waals surface area contributed by atoms with Crippen molar-refractivity contribution in [3.05, 3.63) is 23.9 Å². The summed E-state index contributed by atoms with van der Waals surface area (Å²) in [4.78, 5) is 6.96. The first-order valence-electron chi connectivity index (χ1n) is 6.01. The molecule has 16 heavy (non-hydrogen) atoms. The van der Waals surface area contributed by atoms with Crippen molar-refractivity contribution in [3.63, 3.8) is 0 Å². The van der Waals surface area contributed by atoms with Crippen molar-refractivity contribution in [3.8, 4) is 0 Å². The van der Waals surface area contributed by atoms with Crippen LogP contribution < -0.4 is 5.32 Å². The summed E-state index contributed by atoms with van der Waals surface area (Å²) in [5.41, 5.74) is 1.13. The fourth-order valence-corrected chi connectivity index (χ4v) is 1.76. The standard InChI is InChI=1S/C13H23N3/c1-5-16(9-11(2)3)10-12-7-6-8-13(14-4)15-12/h6-8,11H,5,9-10H2,1-4H3,(H,14,15). The fourth-order valence-electron chi connectivity index (χ4n) is 1.76. The van der Waals surface area contributed by atoms with Gasteiger partial charge in [-0.05, 0) is 24.6 Å². The minimum absolute atomic E-state index is 0.701. The first kappa shape index (κ1) is 13.0. The highest BCUT2D eigenvalue weighted by Gasteiger charge is 2.06. The molecule has 3 nitrogen and oxygen atoms in total. The smallest absolute Gasteiger partial charge is 0.126 e. The van der Waals surface area contributed by atoms with Crippen molar-refractivity contribution in [2.24, 2.45) is 5.92 Å². The van der Waals surface area contributed by atoms with Gasteiger partial charge < -0.3 is 5.32 Å². The van der Waals surface area contributed by atoms with Crippen molar-refractivity contribution >= 4 is 5.82 Å². The van der Waals surface area contributed by atoms with E-state index in [-0.39, 0.29) is 0 Å². The molecule has 0 radical (unpaired) electrons. The lowest BCUT2D eigenvalue weighted by molar-refractivity contribution is 0.246. The second-order valence-corrected chi connectivity index (χ2v) is 4.49. The van der Waals surface area contributed by atoms with Crippen LogP contribution in [0.4, 0.5) is 5.82 Å². The first-order chi connectivity index (χ1) is 7.65. The molecule has 1 N–H and O–H groups in total. The Balaban J connectivity index is 2.62. The first-order valence-corrected chi connectivity index (χ1v) is 6.01. The molecule has 0 aliphatic carbocycles. The second-order valence-electron chi connectivity index (χ2n) is 4.49. The number of aromatic nitrogens is 1. The average Bonchev–Trinajstić information content (AvgIpc) is 2.28. The zero-order valence-corrected chi connectivity index (χ0v) is 10.8. The molecule has 1 heterocycles. The normalized spacial score (nSPS) is 11.1. The highest BCUT2D eigenvalue weighted by Crippen LogP contribution is 2.08. The molecule has 1 rings (SSSR count). The van der Waals surface area contributed by atoms with E-state index < -0.39 is 0 Å². The minimum atomic E-state index is 0.701. The zero-order valence-electron chi connectivity index (χ0n) is 10.8. The third-order valence-electron chi connectivity index (χ3n) is 2.52. The van der Waals surface area contributed by atoms with Gasteiger partial charge in [0.25, 0.3) is 0 Å². The summed E-state index contributed by atoms with van der Waals surface area (Å²) in [7, 11) is 1.90. The van der Waals surface area contributed by atoms with E-state index in [4.69, 9.17) is 0 Å². The summed E-state index contributed by atoms with van der Waals surface area (Å²) in [6, 6.07) is 6.13. The number of pyridine rings is 1. The number of hydrogen-bond donors (Lipinski definition) is 1. The highest BCUT2D eigenvalue weighted by atomic mass is 15.1. The van der Waals surface area contributed by atoms with E-state index in [2.05, 4.69) is 48.1 Å². The van der Waals surface area contributed by atoms with Gasteiger partial charge in [0.2, 0.25) is 0 Å². The van der Waals surface area contributed by atoms with Gasteiger partial charge in [-0.3, -0.25) is 4.90 Å². The Labute approximate surface area is 98.9 Å². The molecular weight excluding hydrogens is 198 g/mol. The van der Waals surface area contributed by atoms with Crippen LogP contribution in [0.3, 0.4) is 0 Å². The van der Waals surface area contributed by atoms with Crippen LogP contribution in [-0.4, -0.2) is 30.0 Å². The number of nitrogens with zero attached hydrogens (tertiary/aromatic N) is 2. The lowest BCUT2D eigenvalue weighted by Crippen LogP contribution is -2.27. The zero-order chi connectivity index (χ0) is 12.0. The van der Waals surface area contributed by atoms with Gasteiger partial charge in [0.15, 0.2) is 0 Å². The topological polar surface area (TPSA) is 28.2 Å². The van der Waals surface area contributed by atoms with Gasteiger partial charge in [-0.1, -0.05) is 26.8 Å². The van der Waals surface area contributed by atoms with E-state index in [1.807, 2.05) is 13.1 Å². The number of nitrogens with one attached hydrogen (secondary N) is 1. The molecule has 0 unspecified atom stereocenters. The van der Waals surface area contributed by atoms with Crippen LogP contribution in [0.1, 0.15) is 26.5 Å². The summed E-state index contributed by atoms with van der Waals surface area (Å²) >= 11 is 0. The van der Waals surface area contributed by atoms with E-state index in [0.717, 1.165) is 31.1 Å². The van der Waals surface area contributed by atoms with Gasteiger partial charge in [0.1, 0.15) is 5.82 Å². The van der Waals surface area contributed by atoms with Crippen LogP contribution in [0.15, 0.2) is 18.2 Å². The predicted molar refractivity (Wildman–Crippen MR) is 69.6 cm³/mol. The molecule has 1 aromatic heterocycles. The molecule has 1 aromatic rings. The number of anilines is 1. The SMILES string of the molecule is CCN(Cc1cccc(NC)n1)CC(C)C. The Morgan fingerprint density at radius 2 is 2.12 bits per heavy atom. The van der Waals surface area contributed by atoms with Crippen LogP contribution in [-0.2, 0) is 6.54 Å². The minimum Gasteiger partial charge on any atom is -0.373 e. The Bertz CT molecular complexity index is 310. The van der Waals surface area contributed by atoms with Gasteiger partial charge in [0, 0.05) is 20.1 Å². The molecule has 0 atom stereocenters. The molecular formula is C13H23N3. The van der Waals surface area contributed by atoms with E-state index in [0.29, 0.717) is 5.92 Å². The van der Waals surface area contributed by atoms with Crippen molar-refractivity contribution in [2.75, 3.05) is 25.5 Å². The van der Waals surface area contributed by atoms with Crippen LogP contribution in [0.5, 0.6) is 0 Å². The molecule has 0 fully saturated rings. The summed E-state index contributed by atoms with van der Waals surface area (Å²) in [5.74, 6) is 1.64. The van der Waals surface area contributed by atoms with Crippen LogP contribution in [0.2, 0.25) is 0 Å². The van der Waals surface area contributed by atoms with Gasteiger partial charge in [-0.15, -0.1) is 0 Å². The molecule has 0 amide bonds. The summed E-state index contributed by atoms with van der Waals surface area (Å²) in [5, 5.41) is 3.07. The van der Waals surface area contributed by atoms with Crippen LogP contribution >= 0.6 is 0 Å². The second kappa shape index (κ2) is 6.48. The van der Waals surface area contributed by atoms with Gasteiger partial charge in [0.05, 0.1) is 5.69 Å². The number of hydrogen-bond acceptors (Lipinski definition) is 3. The highest BCUT2D eigenvalue weighted by molar-refractivity contribution is 5.34. The third kappa shape index (κ3) is 4.19. The largest absolute Gasteiger partial charge is 0.373 e. The molecule has 0 spiro atoms. The van der Waals surface area contributed by atoms with E-state index >= 15 is 0 Å². The maximum atomic E-state index is 4.53. The van der Waals surface area contributed by atoms with Crippen LogP contribution in [0.25, 0.3) is 0 Å². The predicted octanol–water partition coefficient (Wildman–Crippen LogP) is 2.60. The fraction of sp³-hybridized carbons (Fsp3) is 0.615. The quantitative estimate of drug-likeness (QED) is 0.800. The van der Waals surface area contributed by atoms with Crippen molar-refractivity contribution in [1.82, 2.24) is 9.88 Å². The van der Waals surface area contributed by atoms with Crippen molar-refractivity contribution in [1.29, 1.82) is 0 Å². The third-order valence-corrected chi connectivity index (χ3v) is 2.52. The Hall–Kier alpha value is -1.09. The maximum Gasteiger partial charge on any atom is 0.126 e. The molecule has 0 bridgehead atoms. The lowest BCUT2D eigenvalue weighted by Gasteiger charge is -2.22. The molecule has 90 valence electrons. The van der Waals surface area contributed by atoms with Crippen molar-refractivity contribution in [2.45, 2.75) is 27.3 Å². The summed E-state index contributed by atoms with van der Waals surface area (Å²) < 4.78 is 0. The molecule has 3 heteroatoms. The average molecular weight is 221 g/mol. The Kier molecular flexibility index (Phi) is 5.26. The molecule has 0 saturated carbocycles. The summed E-state index contributed by atoms with van der Waals surface area (Å²) in [6.45, 7) is 9.83. The van der Waals surface area contributed by atoms with Gasteiger partial charge in [-0.2, -0.15) is 0 Å². The van der Waals surface area contributed by atoms with Gasteiger partial charge >= 0.3 is 0 Å². The van der Waals surface area contributed by atoms with E-state index in [9.17, 15) is 0 Å². The van der Waals surface area contributed by atoms with Crippen molar-refractivity contribution < 1.29 is 0 Å². The maximum absolute atomic E-state index is 4.53.